The predicted octanol–water partition coefficient (Wildman–Crippen LogP) is 5.77. The van der Waals surface area contributed by atoms with Crippen molar-refractivity contribution < 1.29 is 9.53 Å². The number of fused-ring (bicyclic) bond motifs is 1. The van der Waals surface area contributed by atoms with Crippen molar-refractivity contribution >= 4 is 50.4 Å². The molecule has 3 N–H and O–H groups in total. The molecular formula is C22H18ClN3O2S. The number of aromatic nitrogens is 1. The fourth-order valence-corrected chi connectivity index (χ4v) is 4.12. The quantitative estimate of drug-likeness (QED) is 0.437. The summed E-state index contributed by atoms with van der Waals surface area (Å²) in [5.41, 5.74) is 9.99. The number of hydrogen-bond donors (Lipinski definition) is 2. The number of nitrogens with two attached hydrogens (primary N) is 1. The Morgan fingerprint density at radius 1 is 1.14 bits per heavy atom. The first kappa shape index (κ1) is 19.2. The highest BCUT2D eigenvalue weighted by atomic mass is 35.5. The molecule has 1 amide bonds. The average Bonchev–Trinajstić information content (AvgIpc) is 3.07. The Morgan fingerprint density at radius 3 is 2.59 bits per heavy atom. The second kappa shape index (κ2) is 7.73. The highest BCUT2D eigenvalue weighted by Gasteiger charge is 2.18. The maximum Gasteiger partial charge on any atom is 0.267 e. The van der Waals surface area contributed by atoms with E-state index in [0.29, 0.717) is 26.1 Å². The van der Waals surface area contributed by atoms with E-state index in [9.17, 15) is 4.79 Å². The van der Waals surface area contributed by atoms with Crippen LogP contribution in [0.4, 0.5) is 11.4 Å². The van der Waals surface area contributed by atoms with E-state index >= 15 is 0 Å². The van der Waals surface area contributed by atoms with Gasteiger partial charge in [-0.2, -0.15) is 0 Å². The molecule has 0 aliphatic heterocycles. The number of nitrogens with zero attached hydrogens (tertiary/aromatic N) is 1. The number of benzene rings is 2. The van der Waals surface area contributed by atoms with Gasteiger partial charge in [0.25, 0.3) is 5.91 Å². The lowest BCUT2D eigenvalue weighted by Gasteiger charge is -2.06. The van der Waals surface area contributed by atoms with Crippen molar-refractivity contribution in [2.45, 2.75) is 6.92 Å². The van der Waals surface area contributed by atoms with Crippen LogP contribution in [0.2, 0.25) is 5.02 Å². The number of amides is 1. The Kier molecular flexibility index (Phi) is 5.13. The molecule has 4 aromatic rings. The molecule has 2 aromatic heterocycles. The van der Waals surface area contributed by atoms with Crippen molar-refractivity contribution in [3.05, 3.63) is 70.1 Å². The van der Waals surface area contributed by atoms with Gasteiger partial charge in [0.1, 0.15) is 15.5 Å². The predicted molar refractivity (Wildman–Crippen MR) is 120 cm³/mol. The Balaban J connectivity index is 1.65. The van der Waals surface area contributed by atoms with Gasteiger partial charge in [0.05, 0.1) is 18.5 Å². The minimum atomic E-state index is -0.281. The van der Waals surface area contributed by atoms with E-state index in [2.05, 4.69) is 5.32 Å². The summed E-state index contributed by atoms with van der Waals surface area (Å²) in [7, 11) is 1.63. The highest BCUT2D eigenvalue weighted by Crippen LogP contribution is 2.35. The number of halogens is 1. The van der Waals surface area contributed by atoms with Crippen LogP contribution in [-0.4, -0.2) is 18.0 Å². The molecular weight excluding hydrogens is 406 g/mol. The number of thiophene rings is 1. The Hall–Kier alpha value is -3.09. The Bertz CT molecular complexity index is 1220. The molecule has 0 saturated heterocycles. The van der Waals surface area contributed by atoms with Crippen molar-refractivity contribution in [2.75, 3.05) is 18.2 Å². The van der Waals surface area contributed by atoms with Crippen molar-refractivity contribution in [3.8, 4) is 17.0 Å². The molecule has 146 valence electrons. The van der Waals surface area contributed by atoms with Gasteiger partial charge in [-0.15, -0.1) is 11.3 Å². The SMILES string of the molecule is COc1ccc(-c2ccc3c(N)c(C(=O)Nc4ccc(C)c(Cl)c4)sc3n2)cc1. The smallest absolute Gasteiger partial charge is 0.267 e. The maximum atomic E-state index is 12.8. The average molecular weight is 424 g/mol. The first-order valence-corrected chi connectivity index (χ1v) is 10.1. The molecule has 0 unspecified atom stereocenters. The molecule has 0 aliphatic rings. The van der Waals surface area contributed by atoms with Crippen LogP contribution < -0.4 is 15.8 Å². The summed E-state index contributed by atoms with van der Waals surface area (Å²) in [5, 5.41) is 4.21. The van der Waals surface area contributed by atoms with E-state index in [1.54, 1.807) is 13.2 Å². The molecule has 2 heterocycles. The molecule has 4 rings (SSSR count). The van der Waals surface area contributed by atoms with Crippen LogP contribution in [0.25, 0.3) is 21.5 Å². The molecule has 5 nitrogen and oxygen atoms in total. The molecule has 0 spiro atoms. The Labute approximate surface area is 177 Å². The van der Waals surface area contributed by atoms with Gasteiger partial charge >= 0.3 is 0 Å². The van der Waals surface area contributed by atoms with Crippen molar-refractivity contribution in [1.82, 2.24) is 4.98 Å². The van der Waals surface area contributed by atoms with E-state index in [1.165, 1.54) is 11.3 Å². The van der Waals surface area contributed by atoms with Gasteiger partial charge in [-0.05, 0) is 61.0 Å². The number of hydrogen-bond acceptors (Lipinski definition) is 5. The summed E-state index contributed by atoms with van der Waals surface area (Å²) in [6, 6.07) is 16.8. The number of methoxy groups -OCH3 is 1. The molecule has 0 saturated carbocycles. The van der Waals surface area contributed by atoms with E-state index in [-0.39, 0.29) is 5.91 Å². The van der Waals surface area contributed by atoms with E-state index in [1.807, 2.05) is 55.5 Å². The zero-order valence-corrected chi connectivity index (χ0v) is 17.4. The third kappa shape index (κ3) is 3.77. The van der Waals surface area contributed by atoms with Gasteiger partial charge in [0, 0.05) is 21.7 Å². The van der Waals surface area contributed by atoms with Crippen LogP contribution in [-0.2, 0) is 0 Å². The molecule has 0 fully saturated rings. The number of pyridine rings is 1. The van der Waals surface area contributed by atoms with Gasteiger partial charge in [0.2, 0.25) is 0 Å². The molecule has 0 radical (unpaired) electrons. The standard InChI is InChI=1S/C22H18ClN3O2S/c1-12-3-6-14(11-17(12)23)25-21(27)20-19(24)16-9-10-18(26-22(16)29-20)13-4-7-15(28-2)8-5-13/h3-11H,24H2,1-2H3,(H,25,27). The fourth-order valence-electron chi connectivity index (χ4n) is 2.95. The number of carbonyl (C=O) groups excluding carboxylic acids is 1. The summed E-state index contributed by atoms with van der Waals surface area (Å²) < 4.78 is 5.20. The topological polar surface area (TPSA) is 77.2 Å². The van der Waals surface area contributed by atoms with E-state index < -0.39 is 0 Å². The number of rotatable bonds is 4. The number of anilines is 2. The van der Waals surface area contributed by atoms with Crippen molar-refractivity contribution in [2.24, 2.45) is 0 Å². The number of aryl methyl sites for hydroxylation is 1. The fraction of sp³-hybridized carbons (Fsp3) is 0.0909. The van der Waals surface area contributed by atoms with Gasteiger partial charge in [-0.25, -0.2) is 4.98 Å². The van der Waals surface area contributed by atoms with Crippen molar-refractivity contribution in [1.29, 1.82) is 0 Å². The summed E-state index contributed by atoms with van der Waals surface area (Å²) >= 11 is 7.41. The summed E-state index contributed by atoms with van der Waals surface area (Å²) in [6.07, 6.45) is 0. The lowest BCUT2D eigenvalue weighted by atomic mass is 10.1. The summed E-state index contributed by atoms with van der Waals surface area (Å²) in [6.45, 7) is 1.91. The number of carbonyl (C=O) groups is 1. The largest absolute Gasteiger partial charge is 0.497 e. The van der Waals surface area contributed by atoms with Gasteiger partial charge < -0.3 is 15.8 Å². The van der Waals surface area contributed by atoms with E-state index in [0.717, 1.165) is 28.0 Å². The normalized spacial score (nSPS) is 10.9. The third-order valence-corrected chi connectivity index (χ3v) is 6.14. The number of nitrogen functional groups attached to an aromatic ring is 1. The van der Waals surface area contributed by atoms with E-state index in [4.69, 9.17) is 27.1 Å². The summed E-state index contributed by atoms with van der Waals surface area (Å²) in [4.78, 5) is 18.6. The lowest BCUT2D eigenvalue weighted by Crippen LogP contribution is -2.11. The molecule has 2 aromatic carbocycles. The minimum Gasteiger partial charge on any atom is -0.497 e. The molecule has 0 atom stereocenters. The molecule has 7 heteroatoms. The first-order valence-electron chi connectivity index (χ1n) is 8.87. The minimum absolute atomic E-state index is 0.281. The first-order chi connectivity index (χ1) is 14.0. The van der Waals surface area contributed by atoms with Crippen LogP contribution in [0.1, 0.15) is 15.2 Å². The zero-order valence-electron chi connectivity index (χ0n) is 15.8. The van der Waals surface area contributed by atoms with Crippen molar-refractivity contribution in [3.63, 3.8) is 0 Å². The third-order valence-electron chi connectivity index (χ3n) is 4.62. The van der Waals surface area contributed by atoms with Gasteiger partial charge in [-0.3, -0.25) is 4.79 Å². The molecule has 0 bridgehead atoms. The molecule has 0 aliphatic carbocycles. The second-order valence-electron chi connectivity index (χ2n) is 6.54. The lowest BCUT2D eigenvalue weighted by molar-refractivity contribution is 0.103. The van der Waals surface area contributed by atoms with Crippen LogP contribution in [0, 0.1) is 6.92 Å². The van der Waals surface area contributed by atoms with Gasteiger partial charge in [0.15, 0.2) is 0 Å². The monoisotopic (exact) mass is 423 g/mol. The number of ether oxygens (including phenoxy) is 1. The number of nitrogens with one attached hydrogen (secondary N) is 1. The zero-order chi connectivity index (χ0) is 20.5. The van der Waals surface area contributed by atoms with Crippen LogP contribution in [0.3, 0.4) is 0 Å². The summed E-state index contributed by atoms with van der Waals surface area (Å²) in [5.74, 6) is 0.502. The molecule has 29 heavy (non-hydrogen) atoms. The van der Waals surface area contributed by atoms with Crippen LogP contribution in [0.5, 0.6) is 5.75 Å². The van der Waals surface area contributed by atoms with Gasteiger partial charge in [-0.1, -0.05) is 17.7 Å². The Morgan fingerprint density at radius 2 is 1.90 bits per heavy atom. The second-order valence-corrected chi connectivity index (χ2v) is 7.95. The van der Waals surface area contributed by atoms with Crippen LogP contribution in [0.15, 0.2) is 54.6 Å². The van der Waals surface area contributed by atoms with Crippen LogP contribution >= 0.6 is 22.9 Å². The maximum absolute atomic E-state index is 12.8. The highest BCUT2D eigenvalue weighted by molar-refractivity contribution is 7.21.